The van der Waals surface area contributed by atoms with E-state index in [1.54, 1.807) is 22.7 Å². The van der Waals surface area contributed by atoms with E-state index < -0.39 is 23.9 Å². The molecule has 2 heterocycles. The van der Waals surface area contributed by atoms with Crippen molar-refractivity contribution in [2.45, 2.75) is 6.54 Å². The Bertz CT molecular complexity index is 863. The lowest BCUT2D eigenvalue weighted by Gasteiger charge is -2.10. The van der Waals surface area contributed by atoms with Crippen LogP contribution in [0.25, 0.3) is 16.6 Å². The lowest BCUT2D eigenvalue weighted by atomic mass is 10.2. The van der Waals surface area contributed by atoms with Crippen LogP contribution >= 0.6 is 0 Å². The van der Waals surface area contributed by atoms with Gasteiger partial charge in [-0.15, -0.1) is 0 Å². The third-order valence-electron chi connectivity index (χ3n) is 2.99. The third-order valence-corrected chi connectivity index (χ3v) is 2.99. The van der Waals surface area contributed by atoms with Gasteiger partial charge in [0.05, 0.1) is 11.0 Å². The normalized spacial score (nSPS) is 11.2. The van der Waals surface area contributed by atoms with Gasteiger partial charge in [-0.05, 0) is 30.3 Å². The molecule has 0 fully saturated rings. The quantitative estimate of drug-likeness (QED) is 0.759. The Labute approximate surface area is 106 Å². The summed E-state index contributed by atoms with van der Waals surface area (Å²) in [6.45, 7) is -0.500. The van der Waals surface area contributed by atoms with Gasteiger partial charge in [0.2, 0.25) is 0 Å². The van der Waals surface area contributed by atoms with Crippen LogP contribution in [0.15, 0.2) is 41.3 Å². The highest BCUT2D eigenvalue weighted by Gasteiger charge is 2.13. The molecule has 0 saturated carbocycles. The Hall–Kier alpha value is -2.63. The highest BCUT2D eigenvalue weighted by molar-refractivity contribution is 5.80. The Morgan fingerprint density at radius 2 is 2.00 bits per heavy atom. The number of hydrogen-bond donors (Lipinski definition) is 1. The van der Waals surface area contributed by atoms with E-state index in [1.165, 1.54) is 18.2 Å². The van der Waals surface area contributed by atoms with Gasteiger partial charge in [-0.1, -0.05) is 0 Å². The van der Waals surface area contributed by atoms with Gasteiger partial charge in [-0.2, -0.15) is 0 Å². The summed E-state index contributed by atoms with van der Waals surface area (Å²) in [5.41, 5.74) is 0.754. The van der Waals surface area contributed by atoms with Crippen LogP contribution in [0.2, 0.25) is 0 Å². The van der Waals surface area contributed by atoms with Gasteiger partial charge in [0.15, 0.2) is 0 Å². The molecular formula is C13H9FN2O3. The van der Waals surface area contributed by atoms with Crippen LogP contribution in [0.1, 0.15) is 0 Å². The molecule has 0 aliphatic heterocycles. The lowest BCUT2D eigenvalue weighted by molar-refractivity contribution is -0.137. The smallest absolute Gasteiger partial charge is 0.323 e. The zero-order valence-corrected chi connectivity index (χ0v) is 9.71. The van der Waals surface area contributed by atoms with Crippen molar-refractivity contribution < 1.29 is 14.3 Å². The molecule has 3 aromatic rings. The second-order valence-corrected chi connectivity index (χ2v) is 4.18. The Morgan fingerprint density at radius 3 is 2.74 bits per heavy atom. The van der Waals surface area contributed by atoms with Gasteiger partial charge in [0.1, 0.15) is 17.9 Å². The first-order valence-corrected chi connectivity index (χ1v) is 5.59. The second-order valence-electron chi connectivity index (χ2n) is 4.18. The number of aromatic nitrogens is 2. The Balaban J connectivity index is 2.54. The molecule has 0 unspecified atom stereocenters. The van der Waals surface area contributed by atoms with Gasteiger partial charge >= 0.3 is 5.97 Å². The average molecular weight is 260 g/mol. The van der Waals surface area contributed by atoms with E-state index in [2.05, 4.69) is 0 Å². The van der Waals surface area contributed by atoms with E-state index in [0.29, 0.717) is 11.0 Å². The molecule has 0 atom stereocenters. The predicted octanol–water partition coefficient (Wildman–Crippen LogP) is 1.48. The lowest BCUT2D eigenvalue weighted by Crippen LogP contribution is -2.26. The van der Waals surface area contributed by atoms with Crippen molar-refractivity contribution in [1.29, 1.82) is 0 Å². The minimum Gasteiger partial charge on any atom is -0.480 e. The van der Waals surface area contributed by atoms with Crippen molar-refractivity contribution in [1.82, 2.24) is 8.97 Å². The van der Waals surface area contributed by atoms with Crippen molar-refractivity contribution in [2.75, 3.05) is 0 Å². The number of halogens is 1. The summed E-state index contributed by atoms with van der Waals surface area (Å²) in [6.07, 6.45) is 1.68. The second kappa shape index (κ2) is 3.94. The van der Waals surface area contributed by atoms with Crippen molar-refractivity contribution in [2.24, 2.45) is 0 Å². The minimum atomic E-state index is -1.15. The summed E-state index contributed by atoms with van der Waals surface area (Å²) in [4.78, 5) is 23.1. The Kier molecular flexibility index (Phi) is 2.38. The number of nitrogens with zero attached hydrogens (tertiary/aromatic N) is 2. The van der Waals surface area contributed by atoms with Crippen LogP contribution in [0.4, 0.5) is 4.39 Å². The van der Waals surface area contributed by atoms with Crippen molar-refractivity contribution in [3.63, 3.8) is 0 Å². The monoisotopic (exact) mass is 260 g/mol. The van der Waals surface area contributed by atoms with Gasteiger partial charge in [-0.25, -0.2) is 4.39 Å². The maximum atomic E-state index is 13.3. The summed E-state index contributed by atoms with van der Waals surface area (Å²) >= 11 is 0. The molecule has 0 radical (unpaired) electrons. The van der Waals surface area contributed by atoms with E-state index in [9.17, 15) is 14.0 Å². The number of carbonyl (C=O) groups is 1. The number of carboxylic acids is 1. The molecular weight excluding hydrogens is 251 g/mol. The first-order valence-electron chi connectivity index (χ1n) is 5.59. The molecule has 0 aliphatic carbocycles. The molecule has 5 nitrogen and oxygen atoms in total. The van der Waals surface area contributed by atoms with Crippen LogP contribution < -0.4 is 5.56 Å². The topological polar surface area (TPSA) is 63.7 Å². The van der Waals surface area contributed by atoms with E-state index in [4.69, 9.17) is 5.11 Å². The summed E-state index contributed by atoms with van der Waals surface area (Å²) in [5, 5.41) is 8.88. The number of rotatable bonds is 2. The third kappa shape index (κ3) is 1.69. The van der Waals surface area contributed by atoms with Crippen molar-refractivity contribution >= 4 is 22.5 Å². The molecule has 0 bridgehead atoms. The van der Waals surface area contributed by atoms with Crippen LogP contribution in [0.5, 0.6) is 0 Å². The highest BCUT2D eigenvalue weighted by Crippen LogP contribution is 2.16. The molecule has 6 heteroatoms. The largest absolute Gasteiger partial charge is 0.480 e. The Morgan fingerprint density at radius 1 is 1.21 bits per heavy atom. The van der Waals surface area contributed by atoms with Crippen LogP contribution in [0, 0.1) is 5.82 Å². The number of hydrogen-bond acceptors (Lipinski definition) is 2. The SMILES string of the molecule is O=C(O)Cn1c(=O)c2cccn2c2ccc(F)cc21. The van der Waals surface area contributed by atoms with Crippen molar-refractivity contribution in [3.05, 3.63) is 52.7 Å². The molecule has 0 spiro atoms. The molecule has 19 heavy (non-hydrogen) atoms. The van der Waals surface area contributed by atoms with Gasteiger partial charge in [0.25, 0.3) is 5.56 Å². The number of carboxylic acid groups (broad SMARTS) is 1. The fourth-order valence-electron chi connectivity index (χ4n) is 2.22. The molecule has 1 N–H and O–H groups in total. The minimum absolute atomic E-state index is 0.260. The molecule has 1 aromatic carbocycles. The van der Waals surface area contributed by atoms with Crippen LogP contribution in [-0.4, -0.2) is 20.0 Å². The molecule has 0 aliphatic rings. The van der Waals surface area contributed by atoms with Gasteiger partial charge in [-0.3, -0.25) is 14.2 Å². The van der Waals surface area contributed by atoms with Crippen molar-refractivity contribution in [3.8, 4) is 0 Å². The first kappa shape index (κ1) is 11.5. The zero-order chi connectivity index (χ0) is 13.6. The average Bonchev–Trinajstić information content (AvgIpc) is 2.83. The van der Waals surface area contributed by atoms with E-state index in [1.807, 2.05) is 0 Å². The maximum Gasteiger partial charge on any atom is 0.323 e. The summed E-state index contributed by atoms with van der Waals surface area (Å²) in [6, 6.07) is 7.25. The zero-order valence-electron chi connectivity index (χ0n) is 9.71. The number of fused-ring (bicyclic) bond motifs is 3. The fourth-order valence-corrected chi connectivity index (χ4v) is 2.22. The molecule has 3 rings (SSSR count). The van der Waals surface area contributed by atoms with Crippen LogP contribution in [-0.2, 0) is 11.3 Å². The number of aliphatic carboxylic acids is 1. The van der Waals surface area contributed by atoms with E-state index >= 15 is 0 Å². The van der Waals surface area contributed by atoms with E-state index in [0.717, 1.165) is 4.57 Å². The fraction of sp³-hybridized carbons (Fsp3) is 0.0769. The molecule has 2 aromatic heterocycles. The highest BCUT2D eigenvalue weighted by atomic mass is 19.1. The first-order chi connectivity index (χ1) is 9.08. The molecule has 0 saturated heterocycles. The summed E-state index contributed by atoms with van der Waals surface area (Å²) in [5.74, 6) is -1.67. The predicted molar refractivity (Wildman–Crippen MR) is 66.8 cm³/mol. The van der Waals surface area contributed by atoms with E-state index in [-0.39, 0.29) is 5.52 Å². The molecule has 0 amide bonds. The standard InChI is InChI=1S/C13H9FN2O3/c14-8-3-4-9-11(6-8)16(7-12(17)18)13(19)10-2-1-5-15(9)10/h1-6H,7H2,(H,17,18). The van der Waals surface area contributed by atoms with Gasteiger partial charge in [0, 0.05) is 6.20 Å². The van der Waals surface area contributed by atoms with Gasteiger partial charge < -0.3 is 9.51 Å². The maximum absolute atomic E-state index is 13.3. The van der Waals surface area contributed by atoms with Crippen LogP contribution in [0.3, 0.4) is 0 Å². The number of benzene rings is 1. The molecule has 96 valence electrons. The summed E-state index contributed by atoms with van der Waals surface area (Å²) < 4.78 is 16.0. The summed E-state index contributed by atoms with van der Waals surface area (Å²) in [7, 11) is 0.